The lowest BCUT2D eigenvalue weighted by Gasteiger charge is -2.24. The van der Waals surface area contributed by atoms with Crippen molar-refractivity contribution < 1.29 is 19.3 Å². The lowest BCUT2D eigenvalue weighted by atomic mass is 9.98. The topological polar surface area (TPSA) is 105 Å². The zero-order valence-corrected chi connectivity index (χ0v) is 9.54. The van der Waals surface area contributed by atoms with Crippen LogP contribution in [-0.2, 0) is 4.74 Å². The number of aromatic nitrogens is 2. The van der Waals surface area contributed by atoms with E-state index in [1.807, 2.05) is 4.98 Å². The Labute approximate surface area is 100 Å². The van der Waals surface area contributed by atoms with Crippen molar-refractivity contribution in [1.82, 2.24) is 9.55 Å². The van der Waals surface area contributed by atoms with Gasteiger partial charge in [0.25, 0.3) is 5.56 Å². The fourth-order valence-corrected chi connectivity index (χ4v) is 1.97. The van der Waals surface area contributed by atoms with Gasteiger partial charge in [-0.1, -0.05) is 0 Å². The van der Waals surface area contributed by atoms with E-state index < -0.39 is 42.0 Å². The molecule has 100 valence electrons. The molecular formula is C10H13FN2O5. The standard InChI is InChI=1S/C10H13FN2O5/c1-10(11)7(16)5(4-14)18-8(10)13-3-2-6(15)12-9(13)17/h2-3,5,7-8,14,16H,4H2,1H3,(H,12,15,17)/t5-,7+,8+,10-/m0/s1. The number of rotatable bonds is 2. The number of aliphatic hydroxyl groups is 2. The molecule has 2 rings (SSSR count). The van der Waals surface area contributed by atoms with Crippen LogP contribution >= 0.6 is 0 Å². The van der Waals surface area contributed by atoms with Crippen molar-refractivity contribution in [1.29, 1.82) is 0 Å². The van der Waals surface area contributed by atoms with Gasteiger partial charge in [0.15, 0.2) is 11.9 Å². The van der Waals surface area contributed by atoms with Crippen molar-refractivity contribution in [2.75, 3.05) is 6.61 Å². The maximum Gasteiger partial charge on any atom is 0.330 e. The molecule has 0 radical (unpaired) electrons. The quantitative estimate of drug-likeness (QED) is 0.601. The molecule has 0 unspecified atom stereocenters. The normalized spacial score (nSPS) is 35.9. The lowest BCUT2D eigenvalue weighted by Crippen LogP contribution is -2.43. The van der Waals surface area contributed by atoms with E-state index in [9.17, 15) is 19.1 Å². The summed E-state index contributed by atoms with van der Waals surface area (Å²) < 4.78 is 20.3. The molecule has 0 saturated carbocycles. The highest BCUT2D eigenvalue weighted by atomic mass is 19.1. The molecule has 18 heavy (non-hydrogen) atoms. The minimum absolute atomic E-state index is 0.574. The fourth-order valence-electron chi connectivity index (χ4n) is 1.97. The Kier molecular flexibility index (Phi) is 3.09. The number of H-pyrrole nitrogens is 1. The summed E-state index contributed by atoms with van der Waals surface area (Å²) in [6.45, 7) is 0.491. The molecule has 1 saturated heterocycles. The van der Waals surface area contributed by atoms with Crippen LogP contribution < -0.4 is 11.2 Å². The van der Waals surface area contributed by atoms with Crippen molar-refractivity contribution in [2.24, 2.45) is 0 Å². The Bertz CT molecular complexity index is 552. The molecule has 0 aliphatic carbocycles. The number of ether oxygens (including phenoxy) is 1. The number of hydrogen-bond acceptors (Lipinski definition) is 5. The number of halogens is 1. The van der Waals surface area contributed by atoms with Gasteiger partial charge in [0, 0.05) is 12.3 Å². The number of nitrogens with one attached hydrogen (secondary N) is 1. The summed E-state index contributed by atoms with van der Waals surface area (Å²) in [5.41, 5.74) is -3.72. The van der Waals surface area contributed by atoms with Crippen LogP contribution in [0.25, 0.3) is 0 Å². The van der Waals surface area contributed by atoms with E-state index in [4.69, 9.17) is 9.84 Å². The van der Waals surface area contributed by atoms with Crippen LogP contribution in [0, 0.1) is 0 Å². The van der Waals surface area contributed by atoms with E-state index in [0.717, 1.165) is 23.8 Å². The van der Waals surface area contributed by atoms with Crippen molar-refractivity contribution in [3.05, 3.63) is 33.1 Å². The maximum absolute atomic E-state index is 14.3. The molecule has 1 fully saturated rings. The number of hydrogen-bond donors (Lipinski definition) is 3. The molecule has 0 bridgehead atoms. The highest BCUT2D eigenvalue weighted by molar-refractivity contribution is 5.01. The summed E-state index contributed by atoms with van der Waals surface area (Å²) in [6, 6.07) is 1.04. The molecule has 2 heterocycles. The molecule has 0 aromatic carbocycles. The minimum atomic E-state index is -2.25. The molecule has 1 aromatic heterocycles. The molecule has 0 amide bonds. The third-order valence-corrected chi connectivity index (χ3v) is 3.00. The lowest BCUT2D eigenvalue weighted by molar-refractivity contribution is -0.0611. The van der Waals surface area contributed by atoms with Gasteiger partial charge in [0.05, 0.1) is 6.61 Å². The molecule has 3 N–H and O–H groups in total. The largest absolute Gasteiger partial charge is 0.394 e. The van der Waals surface area contributed by atoms with Crippen molar-refractivity contribution in [2.45, 2.75) is 31.0 Å². The molecule has 4 atom stereocenters. The average molecular weight is 260 g/mol. The third-order valence-electron chi connectivity index (χ3n) is 3.00. The number of nitrogens with zero attached hydrogens (tertiary/aromatic N) is 1. The Balaban J connectivity index is 2.45. The van der Waals surface area contributed by atoms with Gasteiger partial charge in [-0.2, -0.15) is 0 Å². The van der Waals surface area contributed by atoms with Crippen LogP contribution in [0.4, 0.5) is 4.39 Å². The predicted molar refractivity (Wildman–Crippen MR) is 57.8 cm³/mol. The summed E-state index contributed by atoms with van der Waals surface area (Å²) in [5.74, 6) is 0. The first-order valence-electron chi connectivity index (χ1n) is 5.32. The van der Waals surface area contributed by atoms with Gasteiger partial charge in [-0.15, -0.1) is 0 Å². The first-order valence-corrected chi connectivity index (χ1v) is 5.32. The van der Waals surface area contributed by atoms with Gasteiger partial charge in [-0.25, -0.2) is 9.18 Å². The van der Waals surface area contributed by atoms with Crippen LogP contribution in [0.1, 0.15) is 13.2 Å². The van der Waals surface area contributed by atoms with Gasteiger partial charge >= 0.3 is 5.69 Å². The maximum atomic E-state index is 14.3. The Morgan fingerprint density at radius 3 is 2.78 bits per heavy atom. The van der Waals surface area contributed by atoms with Crippen LogP contribution in [0.5, 0.6) is 0 Å². The van der Waals surface area contributed by atoms with Gasteiger partial charge in [-0.05, 0) is 6.92 Å². The molecule has 8 heteroatoms. The Morgan fingerprint density at radius 2 is 2.28 bits per heavy atom. The summed E-state index contributed by atoms with van der Waals surface area (Å²) in [4.78, 5) is 24.4. The van der Waals surface area contributed by atoms with Crippen molar-refractivity contribution >= 4 is 0 Å². The van der Waals surface area contributed by atoms with Gasteiger partial charge in [-0.3, -0.25) is 14.3 Å². The molecule has 1 aromatic rings. The zero-order valence-electron chi connectivity index (χ0n) is 9.54. The van der Waals surface area contributed by atoms with E-state index in [-0.39, 0.29) is 0 Å². The van der Waals surface area contributed by atoms with Gasteiger partial charge < -0.3 is 14.9 Å². The SMILES string of the molecule is C[C@]1(F)[C@H](O)[C@H](CO)O[C@H]1n1ccc(=O)[nH]c1=O. The highest BCUT2D eigenvalue weighted by Crippen LogP contribution is 2.40. The Morgan fingerprint density at radius 1 is 1.61 bits per heavy atom. The van der Waals surface area contributed by atoms with Crippen LogP contribution in [-0.4, -0.2) is 44.2 Å². The van der Waals surface area contributed by atoms with E-state index in [0.29, 0.717) is 0 Å². The first kappa shape index (κ1) is 12.9. The second kappa shape index (κ2) is 4.30. The third kappa shape index (κ3) is 1.88. The summed E-state index contributed by atoms with van der Waals surface area (Å²) >= 11 is 0. The first-order chi connectivity index (χ1) is 8.37. The van der Waals surface area contributed by atoms with E-state index in [2.05, 4.69) is 0 Å². The van der Waals surface area contributed by atoms with Crippen LogP contribution in [0.2, 0.25) is 0 Å². The zero-order chi connectivity index (χ0) is 13.5. The monoisotopic (exact) mass is 260 g/mol. The fraction of sp³-hybridized carbons (Fsp3) is 0.600. The average Bonchev–Trinajstić information content (AvgIpc) is 2.52. The summed E-state index contributed by atoms with van der Waals surface area (Å²) in [7, 11) is 0. The van der Waals surface area contributed by atoms with Crippen LogP contribution in [0.3, 0.4) is 0 Å². The molecule has 1 aliphatic rings. The van der Waals surface area contributed by atoms with Crippen molar-refractivity contribution in [3.8, 4) is 0 Å². The van der Waals surface area contributed by atoms with Gasteiger partial charge in [0.2, 0.25) is 0 Å². The van der Waals surface area contributed by atoms with E-state index >= 15 is 0 Å². The van der Waals surface area contributed by atoms with E-state index in [1.54, 1.807) is 0 Å². The van der Waals surface area contributed by atoms with Crippen LogP contribution in [0.15, 0.2) is 21.9 Å². The van der Waals surface area contributed by atoms with E-state index in [1.165, 1.54) is 0 Å². The summed E-state index contributed by atoms with van der Waals surface area (Å²) in [6.07, 6.45) is -3.01. The summed E-state index contributed by atoms with van der Waals surface area (Å²) in [5, 5.41) is 18.6. The number of aliphatic hydroxyl groups excluding tert-OH is 2. The molecule has 1 aliphatic heterocycles. The molecule has 7 nitrogen and oxygen atoms in total. The molecule has 0 spiro atoms. The van der Waals surface area contributed by atoms with Crippen molar-refractivity contribution in [3.63, 3.8) is 0 Å². The van der Waals surface area contributed by atoms with Gasteiger partial charge in [0.1, 0.15) is 12.2 Å². The second-order valence-electron chi connectivity index (χ2n) is 4.32. The predicted octanol–water partition coefficient (Wildman–Crippen LogP) is -1.48. The number of aromatic amines is 1. The molecular weight excluding hydrogens is 247 g/mol. The minimum Gasteiger partial charge on any atom is -0.394 e. The Hall–Kier alpha value is -1.51. The smallest absolute Gasteiger partial charge is 0.330 e. The second-order valence-corrected chi connectivity index (χ2v) is 4.32. The number of alkyl halides is 1. The highest BCUT2D eigenvalue weighted by Gasteiger charge is 2.54.